The van der Waals surface area contributed by atoms with Crippen molar-refractivity contribution in [2.45, 2.75) is 0 Å². The summed E-state index contributed by atoms with van der Waals surface area (Å²) in [7, 11) is 0. The highest BCUT2D eigenvalue weighted by molar-refractivity contribution is 14.1. The summed E-state index contributed by atoms with van der Waals surface area (Å²) in [5.41, 5.74) is 0. The number of hydrogen-bond acceptors (Lipinski definition) is 4. The average Bonchev–Trinajstić information content (AvgIpc) is 2.04. The molecule has 11 heavy (non-hydrogen) atoms. The number of nitrogens with zero attached hydrogens (tertiary/aromatic N) is 2. The van der Waals surface area contributed by atoms with Crippen molar-refractivity contribution in [1.82, 2.24) is 9.97 Å². The molecule has 0 amide bonds. The van der Waals surface area contributed by atoms with Crippen LogP contribution in [-0.4, -0.2) is 28.3 Å². The van der Waals surface area contributed by atoms with Crippen molar-refractivity contribution in [2.75, 3.05) is 13.2 Å². The minimum Gasteiger partial charge on any atom is -0.461 e. The number of ether oxygens (including phenoxy) is 1. The fourth-order valence-electron chi connectivity index (χ4n) is 0.512. The molecule has 1 heterocycles. The van der Waals surface area contributed by atoms with Gasteiger partial charge in [-0.25, -0.2) is 9.97 Å². The van der Waals surface area contributed by atoms with Gasteiger partial charge >= 0.3 is 6.01 Å². The third-order valence-corrected chi connectivity index (χ3v) is 1.48. The smallest absolute Gasteiger partial charge is 0.316 e. The summed E-state index contributed by atoms with van der Waals surface area (Å²) in [5.74, 6) is 0. The van der Waals surface area contributed by atoms with Crippen LogP contribution < -0.4 is 4.74 Å². The molecule has 0 aliphatic rings. The number of aliphatic hydroxyl groups excluding tert-OH is 1. The van der Waals surface area contributed by atoms with Crippen molar-refractivity contribution in [3.63, 3.8) is 0 Å². The Balaban J connectivity index is 2.52. The zero-order valence-corrected chi connectivity index (χ0v) is 7.85. The molecule has 60 valence electrons. The van der Waals surface area contributed by atoms with Crippen LogP contribution in [0.5, 0.6) is 6.01 Å². The average molecular weight is 266 g/mol. The Kier molecular flexibility index (Phi) is 3.50. The molecule has 1 rings (SSSR count). The largest absolute Gasteiger partial charge is 0.461 e. The van der Waals surface area contributed by atoms with Crippen LogP contribution in [0.15, 0.2) is 12.4 Å². The Hall–Kier alpha value is -0.430. The molecule has 0 saturated carbocycles. The molecule has 0 aromatic carbocycles. The number of rotatable bonds is 3. The lowest BCUT2D eigenvalue weighted by Crippen LogP contribution is -2.04. The Morgan fingerprint density at radius 3 is 2.64 bits per heavy atom. The maximum atomic E-state index is 8.40. The van der Waals surface area contributed by atoms with E-state index in [4.69, 9.17) is 9.84 Å². The van der Waals surface area contributed by atoms with Crippen LogP contribution in [-0.2, 0) is 0 Å². The second-order valence-electron chi connectivity index (χ2n) is 1.76. The van der Waals surface area contributed by atoms with E-state index in [1.54, 1.807) is 12.4 Å². The molecule has 1 N–H and O–H groups in total. The molecule has 4 nitrogen and oxygen atoms in total. The number of halogens is 1. The van der Waals surface area contributed by atoms with E-state index in [0.29, 0.717) is 6.01 Å². The third-order valence-electron chi connectivity index (χ3n) is 0.919. The molecule has 0 aliphatic heterocycles. The van der Waals surface area contributed by atoms with Crippen LogP contribution in [0, 0.1) is 3.57 Å². The first-order valence-electron chi connectivity index (χ1n) is 3.04. The molecule has 0 spiro atoms. The molecule has 0 aliphatic carbocycles. The maximum Gasteiger partial charge on any atom is 0.316 e. The summed E-state index contributed by atoms with van der Waals surface area (Å²) >= 11 is 2.10. The lowest BCUT2D eigenvalue weighted by atomic mass is 10.7. The molecule has 0 atom stereocenters. The second kappa shape index (κ2) is 4.45. The van der Waals surface area contributed by atoms with Crippen molar-refractivity contribution < 1.29 is 9.84 Å². The number of hydrogen-bond donors (Lipinski definition) is 1. The molecule has 1 aromatic rings. The van der Waals surface area contributed by atoms with Crippen molar-refractivity contribution >= 4 is 22.6 Å². The van der Waals surface area contributed by atoms with E-state index in [1.165, 1.54) is 0 Å². The van der Waals surface area contributed by atoms with Gasteiger partial charge in [-0.1, -0.05) is 0 Å². The van der Waals surface area contributed by atoms with Gasteiger partial charge in [0.25, 0.3) is 0 Å². The monoisotopic (exact) mass is 266 g/mol. The van der Waals surface area contributed by atoms with Crippen LogP contribution in [0.2, 0.25) is 0 Å². The van der Waals surface area contributed by atoms with E-state index in [-0.39, 0.29) is 13.2 Å². The van der Waals surface area contributed by atoms with Gasteiger partial charge in [0.2, 0.25) is 0 Å². The summed E-state index contributed by atoms with van der Waals surface area (Å²) in [4.78, 5) is 7.73. The van der Waals surface area contributed by atoms with Gasteiger partial charge in [0.1, 0.15) is 6.61 Å². The Morgan fingerprint density at radius 2 is 2.09 bits per heavy atom. The SMILES string of the molecule is OCCOc1ncc(I)cn1. The minimum atomic E-state index is -0.0185. The third kappa shape index (κ3) is 2.98. The van der Waals surface area contributed by atoms with Crippen molar-refractivity contribution in [2.24, 2.45) is 0 Å². The Labute approximate surface area is 77.8 Å². The van der Waals surface area contributed by atoms with Crippen LogP contribution >= 0.6 is 22.6 Å². The standard InChI is InChI=1S/C6H7IN2O2/c7-5-3-8-6(9-4-5)11-2-1-10/h3-4,10H,1-2H2. The topological polar surface area (TPSA) is 55.2 Å². The molecule has 0 unspecified atom stereocenters. The molecule has 0 bridgehead atoms. The van der Waals surface area contributed by atoms with Gasteiger partial charge < -0.3 is 9.84 Å². The Morgan fingerprint density at radius 1 is 1.45 bits per heavy atom. The van der Waals surface area contributed by atoms with E-state index < -0.39 is 0 Å². The summed E-state index contributed by atoms with van der Waals surface area (Å²) in [6.07, 6.45) is 3.31. The van der Waals surface area contributed by atoms with Gasteiger partial charge in [-0.2, -0.15) is 0 Å². The van der Waals surface area contributed by atoms with Crippen molar-refractivity contribution in [3.05, 3.63) is 16.0 Å². The molecule has 0 saturated heterocycles. The van der Waals surface area contributed by atoms with Crippen LogP contribution in [0.1, 0.15) is 0 Å². The number of aromatic nitrogens is 2. The highest BCUT2D eigenvalue weighted by Gasteiger charge is 1.94. The van der Waals surface area contributed by atoms with Crippen LogP contribution in [0.4, 0.5) is 0 Å². The van der Waals surface area contributed by atoms with Gasteiger partial charge in [0.15, 0.2) is 0 Å². The van der Waals surface area contributed by atoms with E-state index in [0.717, 1.165) is 3.57 Å². The van der Waals surface area contributed by atoms with E-state index >= 15 is 0 Å². The lowest BCUT2D eigenvalue weighted by Gasteiger charge is -1.99. The first-order valence-corrected chi connectivity index (χ1v) is 4.12. The zero-order chi connectivity index (χ0) is 8.10. The molecule has 5 heteroatoms. The predicted octanol–water partition coefficient (Wildman–Crippen LogP) is 0.452. The van der Waals surface area contributed by atoms with Crippen LogP contribution in [0.3, 0.4) is 0 Å². The first kappa shape index (κ1) is 8.66. The van der Waals surface area contributed by atoms with Gasteiger partial charge in [-0.15, -0.1) is 0 Å². The summed E-state index contributed by atoms with van der Waals surface area (Å²) < 4.78 is 5.89. The molecule has 0 radical (unpaired) electrons. The number of aliphatic hydroxyl groups is 1. The quantitative estimate of drug-likeness (QED) is 0.807. The molecular formula is C6H7IN2O2. The maximum absolute atomic E-state index is 8.40. The Bertz CT molecular complexity index is 214. The molecule has 1 aromatic heterocycles. The summed E-state index contributed by atoms with van der Waals surface area (Å²) in [6, 6.07) is 0.305. The fourth-order valence-corrected chi connectivity index (χ4v) is 0.790. The van der Waals surface area contributed by atoms with E-state index in [9.17, 15) is 0 Å². The first-order chi connectivity index (χ1) is 5.33. The van der Waals surface area contributed by atoms with Crippen molar-refractivity contribution in [3.8, 4) is 6.01 Å². The summed E-state index contributed by atoms with van der Waals surface area (Å²) in [6.45, 7) is 0.218. The van der Waals surface area contributed by atoms with E-state index in [2.05, 4.69) is 32.6 Å². The molecule has 0 fully saturated rings. The second-order valence-corrected chi connectivity index (χ2v) is 3.00. The van der Waals surface area contributed by atoms with Gasteiger partial charge in [-0.3, -0.25) is 0 Å². The van der Waals surface area contributed by atoms with Gasteiger partial charge in [0, 0.05) is 16.0 Å². The highest BCUT2D eigenvalue weighted by Crippen LogP contribution is 2.03. The lowest BCUT2D eigenvalue weighted by molar-refractivity contribution is 0.191. The van der Waals surface area contributed by atoms with Gasteiger partial charge in [0.05, 0.1) is 6.61 Å². The van der Waals surface area contributed by atoms with Crippen molar-refractivity contribution in [1.29, 1.82) is 0 Å². The normalized spacial score (nSPS) is 9.64. The highest BCUT2D eigenvalue weighted by atomic mass is 127. The van der Waals surface area contributed by atoms with Gasteiger partial charge in [-0.05, 0) is 22.6 Å². The minimum absolute atomic E-state index is 0.0185. The predicted molar refractivity (Wildman–Crippen MR) is 47.3 cm³/mol. The van der Waals surface area contributed by atoms with E-state index in [1.807, 2.05) is 0 Å². The molecular weight excluding hydrogens is 259 g/mol. The summed E-state index contributed by atoms with van der Waals surface area (Å²) in [5, 5.41) is 8.40. The fraction of sp³-hybridized carbons (Fsp3) is 0.333. The van der Waals surface area contributed by atoms with Crippen LogP contribution in [0.25, 0.3) is 0 Å². The zero-order valence-electron chi connectivity index (χ0n) is 5.70.